The average Bonchev–Trinajstić information content (AvgIpc) is 2.43. The molecule has 1 aromatic heterocycles. The molecule has 0 radical (unpaired) electrons. The van der Waals surface area contributed by atoms with Crippen molar-refractivity contribution >= 4 is 5.69 Å². The zero-order chi connectivity index (χ0) is 13.7. The molecular formula is C13H15N3O3. The van der Waals surface area contributed by atoms with Crippen molar-refractivity contribution in [1.82, 2.24) is 9.97 Å². The van der Waals surface area contributed by atoms with Crippen LogP contribution in [0.1, 0.15) is 6.92 Å². The van der Waals surface area contributed by atoms with E-state index in [-0.39, 0.29) is 17.4 Å². The van der Waals surface area contributed by atoms with E-state index in [4.69, 9.17) is 19.9 Å². The van der Waals surface area contributed by atoms with Crippen LogP contribution in [0, 0.1) is 0 Å². The summed E-state index contributed by atoms with van der Waals surface area (Å²) in [5, 5.41) is 0. The van der Waals surface area contributed by atoms with Crippen molar-refractivity contribution in [3.63, 3.8) is 0 Å². The number of ether oxygens (including phenoxy) is 3. The quantitative estimate of drug-likeness (QED) is 0.889. The Hall–Kier alpha value is -2.50. The Bertz CT molecular complexity index is 561. The molecule has 19 heavy (non-hydrogen) atoms. The van der Waals surface area contributed by atoms with Crippen molar-refractivity contribution in [2.24, 2.45) is 0 Å². The van der Waals surface area contributed by atoms with Crippen molar-refractivity contribution in [3.8, 4) is 23.3 Å². The van der Waals surface area contributed by atoms with Gasteiger partial charge in [-0.05, 0) is 19.1 Å². The number of methoxy groups -OCH3 is 1. The fourth-order valence-corrected chi connectivity index (χ4v) is 1.52. The van der Waals surface area contributed by atoms with Gasteiger partial charge in [-0.25, -0.2) is 0 Å². The Morgan fingerprint density at radius 2 is 1.79 bits per heavy atom. The van der Waals surface area contributed by atoms with E-state index in [0.29, 0.717) is 18.1 Å². The van der Waals surface area contributed by atoms with Crippen LogP contribution in [-0.4, -0.2) is 23.7 Å². The number of hydrogen-bond donors (Lipinski definition) is 1. The van der Waals surface area contributed by atoms with Gasteiger partial charge in [0.2, 0.25) is 11.8 Å². The van der Waals surface area contributed by atoms with Gasteiger partial charge < -0.3 is 19.9 Å². The van der Waals surface area contributed by atoms with Crippen LogP contribution in [0.2, 0.25) is 0 Å². The molecule has 0 bridgehead atoms. The number of benzene rings is 1. The zero-order valence-electron chi connectivity index (χ0n) is 10.8. The molecule has 0 fully saturated rings. The number of hydrogen-bond acceptors (Lipinski definition) is 6. The maximum Gasteiger partial charge on any atom is 0.250 e. The highest BCUT2D eigenvalue weighted by Crippen LogP contribution is 2.35. The number of aromatic nitrogens is 2. The predicted octanol–water partition coefficient (Wildman–Crippen LogP) is 2.26. The molecule has 2 N–H and O–H groups in total. The third kappa shape index (κ3) is 2.85. The molecule has 0 atom stereocenters. The smallest absolute Gasteiger partial charge is 0.250 e. The lowest BCUT2D eigenvalue weighted by molar-refractivity contribution is 0.319. The summed E-state index contributed by atoms with van der Waals surface area (Å²) in [6.45, 7) is 2.45. The lowest BCUT2D eigenvalue weighted by atomic mass is 10.3. The summed E-state index contributed by atoms with van der Waals surface area (Å²) in [6.07, 6.45) is 1.33. The van der Waals surface area contributed by atoms with Gasteiger partial charge in [0.15, 0.2) is 17.2 Å². The van der Waals surface area contributed by atoms with E-state index in [1.165, 1.54) is 13.4 Å². The molecule has 6 heteroatoms. The summed E-state index contributed by atoms with van der Waals surface area (Å²) in [5.41, 5.74) is 6.10. The van der Waals surface area contributed by atoms with E-state index in [0.717, 1.165) is 0 Å². The summed E-state index contributed by atoms with van der Waals surface area (Å²) >= 11 is 0. The van der Waals surface area contributed by atoms with Gasteiger partial charge in [0.05, 0.1) is 13.7 Å². The van der Waals surface area contributed by atoms with E-state index < -0.39 is 0 Å². The third-order valence-electron chi connectivity index (χ3n) is 2.36. The van der Waals surface area contributed by atoms with Gasteiger partial charge in [-0.15, -0.1) is 0 Å². The summed E-state index contributed by atoms with van der Waals surface area (Å²) in [5.74, 6) is 1.68. The lowest BCUT2D eigenvalue weighted by Crippen LogP contribution is -2.01. The van der Waals surface area contributed by atoms with Crippen molar-refractivity contribution in [1.29, 1.82) is 0 Å². The SMILES string of the molecule is CCOc1ccccc1Oc1ncnc(OC)c1N. The molecule has 2 aromatic rings. The minimum atomic E-state index is 0.235. The highest BCUT2D eigenvalue weighted by Gasteiger charge is 2.12. The van der Waals surface area contributed by atoms with Crippen LogP contribution in [0.25, 0.3) is 0 Å². The summed E-state index contributed by atoms with van der Waals surface area (Å²) < 4.78 is 16.1. The Balaban J connectivity index is 2.31. The summed E-state index contributed by atoms with van der Waals surface area (Å²) in [7, 11) is 1.48. The highest BCUT2D eigenvalue weighted by molar-refractivity contribution is 5.57. The second kappa shape index (κ2) is 5.90. The minimum Gasteiger partial charge on any atom is -0.490 e. The fraction of sp³-hybridized carbons (Fsp3) is 0.231. The molecule has 0 saturated carbocycles. The first-order chi connectivity index (χ1) is 9.26. The molecule has 6 nitrogen and oxygen atoms in total. The first kappa shape index (κ1) is 12.9. The van der Waals surface area contributed by atoms with E-state index in [9.17, 15) is 0 Å². The van der Waals surface area contributed by atoms with Gasteiger partial charge in [0.1, 0.15) is 6.33 Å². The van der Waals surface area contributed by atoms with E-state index >= 15 is 0 Å². The standard InChI is InChI=1S/C13H15N3O3/c1-3-18-9-6-4-5-7-10(9)19-13-11(14)12(17-2)15-8-16-13/h4-8H,3,14H2,1-2H3. The third-order valence-corrected chi connectivity index (χ3v) is 2.36. The first-order valence-corrected chi connectivity index (χ1v) is 5.80. The largest absolute Gasteiger partial charge is 0.490 e. The number of anilines is 1. The van der Waals surface area contributed by atoms with E-state index in [1.54, 1.807) is 6.07 Å². The highest BCUT2D eigenvalue weighted by atomic mass is 16.5. The maximum absolute atomic E-state index is 5.85. The average molecular weight is 261 g/mol. The van der Waals surface area contributed by atoms with Gasteiger partial charge in [-0.2, -0.15) is 9.97 Å². The Labute approximate surface area is 111 Å². The van der Waals surface area contributed by atoms with Crippen LogP contribution in [0.3, 0.4) is 0 Å². The van der Waals surface area contributed by atoms with Crippen LogP contribution in [-0.2, 0) is 0 Å². The van der Waals surface area contributed by atoms with Gasteiger partial charge >= 0.3 is 0 Å². The van der Waals surface area contributed by atoms with E-state index in [1.807, 2.05) is 25.1 Å². The van der Waals surface area contributed by atoms with Crippen LogP contribution < -0.4 is 19.9 Å². The second-order valence-corrected chi connectivity index (χ2v) is 3.58. The van der Waals surface area contributed by atoms with Crippen molar-refractivity contribution in [3.05, 3.63) is 30.6 Å². The molecule has 0 saturated heterocycles. The minimum absolute atomic E-state index is 0.235. The molecular weight excluding hydrogens is 246 g/mol. The molecule has 1 heterocycles. The number of nitrogens with zero attached hydrogens (tertiary/aromatic N) is 2. The van der Waals surface area contributed by atoms with Gasteiger partial charge in [-0.1, -0.05) is 12.1 Å². The second-order valence-electron chi connectivity index (χ2n) is 3.58. The molecule has 0 aliphatic rings. The molecule has 0 unspecified atom stereocenters. The van der Waals surface area contributed by atoms with E-state index in [2.05, 4.69) is 9.97 Å². The number of nitrogens with two attached hydrogens (primary N) is 1. The monoisotopic (exact) mass is 261 g/mol. The Morgan fingerprint density at radius 1 is 1.11 bits per heavy atom. The van der Waals surface area contributed by atoms with Crippen LogP contribution in [0.15, 0.2) is 30.6 Å². The lowest BCUT2D eigenvalue weighted by Gasteiger charge is -2.12. The Kier molecular flexibility index (Phi) is 4.02. The normalized spacial score (nSPS) is 10.0. The molecule has 0 amide bonds. The number of nitrogen functional groups attached to an aromatic ring is 1. The Morgan fingerprint density at radius 3 is 2.47 bits per heavy atom. The fourth-order valence-electron chi connectivity index (χ4n) is 1.52. The number of para-hydroxylation sites is 2. The van der Waals surface area contributed by atoms with Crippen molar-refractivity contribution in [2.75, 3.05) is 19.5 Å². The van der Waals surface area contributed by atoms with Gasteiger partial charge in [0, 0.05) is 0 Å². The van der Waals surface area contributed by atoms with Gasteiger partial charge in [0.25, 0.3) is 0 Å². The maximum atomic E-state index is 5.85. The van der Waals surface area contributed by atoms with Crippen molar-refractivity contribution in [2.45, 2.75) is 6.92 Å². The van der Waals surface area contributed by atoms with Crippen LogP contribution >= 0.6 is 0 Å². The van der Waals surface area contributed by atoms with Crippen LogP contribution in [0.4, 0.5) is 5.69 Å². The summed E-state index contributed by atoms with van der Waals surface area (Å²) in [4.78, 5) is 7.88. The molecule has 2 rings (SSSR count). The molecule has 0 aliphatic carbocycles. The molecule has 0 spiro atoms. The molecule has 1 aromatic carbocycles. The molecule has 0 aliphatic heterocycles. The summed E-state index contributed by atoms with van der Waals surface area (Å²) in [6, 6.07) is 7.29. The predicted molar refractivity (Wildman–Crippen MR) is 70.7 cm³/mol. The first-order valence-electron chi connectivity index (χ1n) is 5.80. The number of rotatable bonds is 5. The van der Waals surface area contributed by atoms with Crippen LogP contribution in [0.5, 0.6) is 23.3 Å². The topological polar surface area (TPSA) is 79.5 Å². The zero-order valence-corrected chi connectivity index (χ0v) is 10.8. The molecule has 100 valence electrons. The van der Waals surface area contributed by atoms with Gasteiger partial charge in [-0.3, -0.25) is 0 Å². The van der Waals surface area contributed by atoms with Crippen molar-refractivity contribution < 1.29 is 14.2 Å².